The molecule has 0 fully saturated rings. The van der Waals surface area contributed by atoms with Crippen LogP contribution in [0.5, 0.6) is 0 Å². The van der Waals surface area contributed by atoms with Crippen LogP contribution in [-0.4, -0.2) is 87.4 Å². The van der Waals surface area contributed by atoms with Crippen molar-refractivity contribution in [1.29, 1.82) is 0 Å². The number of ether oxygens (including phenoxy) is 4. The molecule has 0 aliphatic heterocycles. The number of carboxylic acid groups (broad SMARTS) is 1. The molecule has 0 aromatic carbocycles. The van der Waals surface area contributed by atoms with Gasteiger partial charge in [-0.15, -0.1) is 0 Å². The second kappa shape index (κ2) is 70.8. The summed E-state index contributed by atoms with van der Waals surface area (Å²) >= 11 is 0. The summed E-state index contributed by atoms with van der Waals surface area (Å²) in [5, 5.41) is 9.75. The molecule has 0 aromatic rings. The smallest absolute Gasteiger partial charge is 0.361 e. The molecule has 9 heteroatoms. The van der Waals surface area contributed by atoms with Crippen molar-refractivity contribution < 1.29 is 42.9 Å². The fourth-order valence-electron chi connectivity index (χ4n) is 9.76. The van der Waals surface area contributed by atoms with Crippen LogP contribution in [0.1, 0.15) is 284 Å². The lowest BCUT2D eigenvalue weighted by Gasteiger charge is -2.25. The molecule has 0 aliphatic rings. The number of aliphatic carboxylic acids is 1. The molecule has 91 heavy (non-hydrogen) atoms. The van der Waals surface area contributed by atoms with E-state index < -0.39 is 24.3 Å². The van der Waals surface area contributed by atoms with Gasteiger partial charge in [0.05, 0.1) is 34.4 Å². The first-order valence-electron chi connectivity index (χ1n) is 36.6. The van der Waals surface area contributed by atoms with Gasteiger partial charge in [0, 0.05) is 12.8 Å². The molecule has 516 valence electrons. The predicted octanol–water partition coefficient (Wildman–Crippen LogP) is 23.2. The first-order valence-corrected chi connectivity index (χ1v) is 36.6. The Balaban J connectivity index is 4.09. The van der Waals surface area contributed by atoms with Gasteiger partial charge in [-0.1, -0.05) is 307 Å². The standard InChI is InChI=1S/C82H135NO8/c1-6-8-10-12-14-16-18-20-22-24-26-28-30-32-33-34-35-36-37-38-39-40-41-42-43-44-45-46-47-49-51-53-55-57-59-61-63-65-67-69-71-73-80(85)91-78(77-90-82(81(86)87)88-75-74-83(3,4)5)76-89-79(84)72-70-68-66-64-62-60-58-56-54-52-50-48-31-29-27-25-23-21-19-17-15-13-11-9-7-2/h8-11,14-17,20-23,26-29,32-33,35-36,38-39,48,50,54,56,78,82H,6-7,12-13,18-19,24-25,30-31,34,37,40-47,49,51-53,55,57-77H2,1-5H3/p+1/b10-8-,11-9-,16-14-,17-15-,22-20-,23-21-,28-26-,29-27-,33-32-,36-35-,39-38-,50-48-,56-54-. The highest BCUT2D eigenvalue weighted by Crippen LogP contribution is 2.17. The Bertz CT molecular complexity index is 2060. The van der Waals surface area contributed by atoms with E-state index in [1.165, 1.54) is 109 Å². The molecule has 0 aromatic heterocycles. The molecular formula is C82H136NO8+. The largest absolute Gasteiger partial charge is 0.477 e. The van der Waals surface area contributed by atoms with Crippen LogP contribution in [0.4, 0.5) is 0 Å². The van der Waals surface area contributed by atoms with E-state index in [4.69, 9.17) is 18.9 Å². The number of rotatable bonds is 66. The minimum Gasteiger partial charge on any atom is -0.477 e. The van der Waals surface area contributed by atoms with Crippen LogP contribution in [0, 0.1) is 0 Å². The van der Waals surface area contributed by atoms with Gasteiger partial charge in [0.15, 0.2) is 6.10 Å². The van der Waals surface area contributed by atoms with E-state index >= 15 is 0 Å². The lowest BCUT2D eigenvalue weighted by molar-refractivity contribution is -0.870. The Kier molecular flexibility index (Phi) is 66.8. The average molecular weight is 1260 g/mol. The lowest BCUT2D eigenvalue weighted by Crippen LogP contribution is -2.40. The molecule has 9 nitrogen and oxygen atoms in total. The van der Waals surface area contributed by atoms with Gasteiger partial charge in [-0.25, -0.2) is 4.79 Å². The maximum absolute atomic E-state index is 13.0. The summed E-state index contributed by atoms with van der Waals surface area (Å²) in [6, 6.07) is 0. The second-order valence-electron chi connectivity index (χ2n) is 25.1. The zero-order valence-corrected chi connectivity index (χ0v) is 58.9. The lowest BCUT2D eigenvalue weighted by atomic mass is 10.0. The topological polar surface area (TPSA) is 108 Å². The van der Waals surface area contributed by atoms with Gasteiger partial charge in [0.2, 0.25) is 0 Å². The normalized spacial score (nSPS) is 13.6. The van der Waals surface area contributed by atoms with Crippen LogP contribution in [0.3, 0.4) is 0 Å². The second-order valence-corrected chi connectivity index (χ2v) is 25.1. The summed E-state index contributed by atoms with van der Waals surface area (Å²) in [6.45, 7) is 4.63. The Morgan fingerprint density at radius 3 is 0.879 bits per heavy atom. The van der Waals surface area contributed by atoms with E-state index in [2.05, 4.69) is 172 Å². The molecule has 0 amide bonds. The summed E-state index contributed by atoms with van der Waals surface area (Å²) < 4.78 is 23.0. The first kappa shape index (κ1) is 85.9. The highest BCUT2D eigenvalue weighted by molar-refractivity contribution is 5.71. The third kappa shape index (κ3) is 72.2. The van der Waals surface area contributed by atoms with Crippen molar-refractivity contribution in [2.75, 3.05) is 47.5 Å². The zero-order chi connectivity index (χ0) is 66.1. The Morgan fingerprint density at radius 1 is 0.330 bits per heavy atom. The average Bonchev–Trinajstić information content (AvgIpc) is 3.53. The van der Waals surface area contributed by atoms with Crippen LogP contribution in [0.2, 0.25) is 0 Å². The fraction of sp³-hybridized carbons (Fsp3) is 0.646. The zero-order valence-electron chi connectivity index (χ0n) is 58.9. The van der Waals surface area contributed by atoms with Crippen molar-refractivity contribution in [1.82, 2.24) is 0 Å². The maximum atomic E-state index is 13.0. The van der Waals surface area contributed by atoms with E-state index in [0.29, 0.717) is 17.4 Å². The van der Waals surface area contributed by atoms with Gasteiger partial charge < -0.3 is 28.5 Å². The van der Waals surface area contributed by atoms with Gasteiger partial charge >= 0.3 is 17.9 Å². The number of allylic oxidation sites excluding steroid dienone is 26. The Labute approximate surface area is 559 Å². The highest BCUT2D eigenvalue weighted by atomic mass is 16.7. The van der Waals surface area contributed by atoms with Gasteiger partial charge in [0.25, 0.3) is 6.29 Å². The molecule has 2 atom stereocenters. The van der Waals surface area contributed by atoms with Gasteiger partial charge in [-0.2, -0.15) is 0 Å². The predicted molar refractivity (Wildman–Crippen MR) is 391 cm³/mol. The minimum absolute atomic E-state index is 0.179. The molecular weight excluding hydrogens is 1130 g/mol. The molecule has 0 spiro atoms. The molecule has 0 rings (SSSR count). The van der Waals surface area contributed by atoms with Gasteiger partial charge in [0.1, 0.15) is 13.2 Å². The van der Waals surface area contributed by atoms with E-state index in [1.54, 1.807) is 0 Å². The Hall–Kier alpha value is -5.09. The van der Waals surface area contributed by atoms with Gasteiger partial charge in [-0.05, 0) is 122 Å². The number of hydrogen-bond acceptors (Lipinski definition) is 7. The molecule has 0 saturated carbocycles. The summed E-state index contributed by atoms with van der Waals surface area (Å²) in [6.07, 6.45) is 102. The number of carboxylic acids is 1. The molecule has 2 unspecified atom stereocenters. The van der Waals surface area contributed by atoms with E-state index in [0.717, 1.165) is 141 Å². The summed E-state index contributed by atoms with van der Waals surface area (Å²) in [4.78, 5) is 37.7. The number of hydrogen-bond donors (Lipinski definition) is 1. The highest BCUT2D eigenvalue weighted by Gasteiger charge is 2.25. The summed E-state index contributed by atoms with van der Waals surface area (Å²) in [7, 11) is 5.97. The van der Waals surface area contributed by atoms with E-state index in [1.807, 2.05) is 21.1 Å². The summed E-state index contributed by atoms with van der Waals surface area (Å²) in [5.74, 6) is -2.03. The molecule has 1 N–H and O–H groups in total. The van der Waals surface area contributed by atoms with Crippen molar-refractivity contribution in [2.45, 2.75) is 296 Å². The SMILES string of the molecule is CC/C=C\C/C=C\C/C=C\C/C=C\C/C=C\C/C=C\C/C=C\CCCCCCCCCCCCCCCCCCCCCC(=O)OC(COC(=O)CCCCCCCC/C=C\C/C=C\C/C=C\C/C=C\C/C=C\C/C=C\CC)COC(OCC[N+](C)(C)C)C(=O)O. The minimum atomic E-state index is -1.52. The quantitative estimate of drug-likeness (QED) is 0.0211. The number of likely N-dealkylation sites (N-methyl/N-ethyl adjacent to an activating group) is 1. The van der Waals surface area contributed by atoms with E-state index in [9.17, 15) is 19.5 Å². The van der Waals surface area contributed by atoms with Crippen LogP contribution in [0.25, 0.3) is 0 Å². The number of quaternary nitrogens is 1. The molecule has 0 bridgehead atoms. The van der Waals surface area contributed by atoms with Crippen molar-refractivity contribution in [3.8, 4) is 0 Å². The molecule has 0 aliphatic carbocycles. The van der Waals surface area contributed by atoms with Crippen molar-refractivity contribution in [2.24, 2.45) is 0 Å². The van der Waals surface area contributed by atoms with Crippen LogP contribution >= 0.6 is 0 Å². The molecule has 0 heterocycles. The number of carbonyl (C=O) groups is 3. The Morgan fingerprint density at radius 2 is 0.593 bits per heavy atom. The summed E-state index contributed by atoms with van der Waals surface area (Å²) in [5.41, 5.74) is 0. The number of unbranched alkanes of at least 4 members (excludes halogenated alkanes) is 25. The van der Waals surface area contributed by atoms with Crippen LogP contribution in [-0.2, 0) is 33.3 Å². The third-order valence-corrected chi connectivity index (χ3v) is 15.3. The molecule has 0 radical (unpaired) electrons. The molecule has 0 saturated heterocycles. The van der Waals surface area contributed by atoms with Crippen LogP contribution in [0.15, 0.2) is 158 Å². The maximum Gasteiger partial charge on any atom is 0.361 e. The third-order valence-electron chi connectivity index (χ3n) is 15.3. The van der Waals surface area contributed by atoms with Crippen molar-refractivity contribution >= 4 is 17.9 Å². The van der Waals surface area contributed by atoms with Crippen molar-refractivity contribution in [3.05, 3.63) is 158 Å². The first-order chi connectivity index (χ1) is 44.6. The number of carbonyl (C=O) groups excluding carboxylic acids is 2. The van der Waals surface area contributed by atoms with Crippen molar-refractivity contribution in [3.63, 3.8) is 0 Å². The number of esters is 2. The van der Waals surface area contributed by atoms with E-state index in [-0.39, 0.29) is 38.6 Å². The van der Waals surface area contributed by atoms with Gasteiger partial charge in [-0.3, -0.25) is 9.59 Å². The fourth-order valence-corrected chi connectivity index (χ4v) is 9.76. The van der Waals surface area contributed by atoms with Crippen LogP contribution < -0.4 is 0 Å². The monoisotopic (exact) mass is 1260 g/mol. The number of nitrogens with zero attached hydrogens (tertiary/aromatic N) is 1.